The molecule has 0 bridgehead atoms. The van der Waals surface area contributed by atoms with Crippen LogP contribution in [0.25, 0.3) is 20.8 Å². The largest absolute Gasteiger partial charge is 0.367 e. The average molecular weight is 567 g/mol. The van der Waals surface area contributed by atoms with E-state index in [1.54, 1.807) is 24.5 Å². The minimum absolute atomic E-state index is 0.00196. The van der Waals surface area contributed by atoms with Crippen LogP contribution in [0, 0.1) is 32.5 Å². The number of fused-ring (bicyclic) bond motifs is 1. The average Bonchev–Trinajstić information content (AvgIpc) is 3.41. The standard InChI is InChI=1S/C28H31FN6O2S2/c1-15-4-9-21(13-22(15)29)39(36,37)14-18-5-6-20(12-18)32-26-24(16(2)31-28(35-26)33-19-7-8-19)27-34-25-17(3)30-11-10-23(25)38-27/h4,9-11,13,18-20H,5-8,12,14H2,1-3H3,(H2,31,32,33,35). The number of hydrogen-bond donors (Lipinski definition) is 2. The first-order valence-corrected chi connectivity index (χ1v) is 15.8. The summed E-state index contributed by atoms with van der Waals surface area (Å²) in [7, 11) is -3.59. The predicted molar refractivity (Wildman–Crippen MR) is 153 cm³/mol. The number of thiazole rings is 1. The molecule has 0 spiro atoms. The lowest BCUT2D eigenvalue weighted by Crippen LogP contribution is -2.21. The number of nitrogens with one attached hydrogen (secondary N) is 2. The van der Waals surface area contributed by atoms with Crippen LogP contribution in [0.3, 0.4) is 0 Å². The third-order valence-corrected chi connectivity index (χ3v) is 10.5. The molecule has 3 aromatic heterocycles. The summed E-state index contributed by atoms with van der Waals surface area (Å²) in [6.07, 6.45) is 6.29. The van der Waals surface area contributed by atoms with Crippen molar-refractivity contribution in [2.24, 2.45) is 5.92 Å². The molecule has 0 amide bonds. The van der Waals surface area contributed by atoms with E-state index >= 15 is 0 Å². The summed E-state index contributed by atoms with van der Waals surface area (Å²) in [6.45, 7) is 5.55. The highest BCUT2D eigenvalue weighted by Gasteiger charge is 2.31. The Hall–Kier alpha value is -3.18. The van der Waals surface area contributed by atoms with E-state index in [2.05, 4.69) is 15.6 Å². The van der Waals surface area contributed by atoms with Gasteiger partial charge in [0.15, 0.2) is 9.84 Å². The summed E-state index contributed by atoms with van der Waals surface area (Å²) >= 11 is 1.59. The second-order valence-corrected chi connectivity index (χ2v) is 13.8. The number of halogens is 1. The fourth-order valence-corrected chi connectivity index (χ4v) is 8.01. The molecule has 2 aliphatic carbocycles. The van der Waals surface area contributed by atoms with E-state index in [0.717, 1.165) is 63.9 Å². The molecule has 2 unspecified atom stereocenters. The van der Waals surface area contributed by atoms with Crippen molar-refractivity contribution in [2.75, 3.05) is 16.4 Å². The Morgan fingerprint density at radius 2 is 1.77 bits per heavy atom. The minimum Gasteiger partial charge on any atom is -0.367 e. The van der Waals surface area contributed by atoms with Crippen molar-refractivity contribution < 1.29 is 12.8 Å². The lowest BCUT2D eigenvalue weighted by molar-refractivity contribution is 0.553. The molecule has 1 aromatic carbocycles. The summed E-state index contributed by atoms with van der Waals surface area (Å²) in [4.78, 5) is 18.9. The smallest absolute Gasteiger partial charge is 0.225 e. The van der Waals surface area contributed by atoms with Gasteiger partial charge < -0.3 is 10.6 Å². The molecule has 0 radical (unpaired) electrons. The zero-order valence-corrected chi connectivity index (χ0v) is 23.8. The Balaban J connectivity index is 1.25. The van der Waals surface area contributed by atoms with E-state index in [0.29, 0.717) is 29.8 Å². The number of aromatic nitrogens is 4. The highest BCUT2D eigenvalue weighted by Crippen LogP contribution is 2.39. The van der Waals surface area contributed by atoms with Crippen LogP contribution in [0.2, 0.25) is 0 Å². The van der Waals surface area contributed by atoms with Gasteiger partial charge in [0.05, 0.1) is 32.3 Å². The number of benzene rings is 1. The molecule has 39 heavy (non-hydrogen) atoms. The Bertz CT molecular complexity index is 1670. The van der Waals surface area contributed by atoms with Crippen molar-refractivity contribution in [3.63, 3.8) is 0 Å². The number of nitrogens with zero attached hydrogens (tertiary/aromatic N) is 4. The maximum absolute atomic E-state index is 14.0. The number of anilines is 2. The van der Waals surface area contributed by atoms with Crippen LogP contribution in [0.1, 0.15) is 49.1 Å². The van der Waals surface area contributed by atoms with Crippen molar-refractivity contribution in [1.82, 2.24) is 19.9 Å². The predicted octanol–water partition coefficient (Wildman–Crippen LogP) is 5.84. The number of aryl methyl sites for hydroxylation is 3. The van der Waals surface area contributed by atoms with Crippen molar-refractivity contribution in [1.29, 1.82) is 0 Å². The van der Waals surface area contributed by atoms with Crippen LogP contribution in [0.4, 0.5) is 16.2 Å². The van der Waals surface area contributed by atoms with Crippen LogP contribution in [-0.2, 0) is 9.84 Å². The number of sulfone groups is 1. The molecule has 2 fully saturated rings. The van der Waals surface area contributed by atoms with Gasteiger partial charge in [-0.25, -0.2) is 22.8 Å². The normalized spacial score (nSPS) is 19.5. The van der Waals surface area contributed by atoms with Crippen LogP contribution < -0.4 is 10.6 Å². The molecule has 2 saturated carbocycles. The van der Waals surface area contributed by atoms with Crippen LogP contribution >= 0.6 is 11.3 Å². The molecule has 2 N–H and O–H groups in total. The minimum atomic E-state index is -3.59. The number of hydrogen-bond acceptors (Lipinski definition) is 9. The Morgan fingerprint density at radius 1 is 0.974 bits per heavy atom. The van der Waals surface area contributed by atoms with Gasteiger partial charge in [-0.2, -0.15) is 4.98 Å². The zero-order chi connectivity index (χ0) is 27.3. The lowest BCUT2D eigenvalue weighted by atomic mass is 10.1. The monoisotopic (exact) mass is 566 g/mol. The van der Waals surface area contributed by atoms with Gasteiger partial charge in [0.2, 0.25) is 5.95 Å². The first-order chi connectivity index (χ1) is 18.7. The molecule has 11 heteroatoms. The highest BCUT2D eigenvalue weighted by atomic mass is 32.2. The lowest BCUT2D eigenvalue weighted by Gasteiger charge is -2.18. The summed E-state index contributed by atoms with van der Waals surface area (Å²) in [5, 5.41) is 7.85. The summed E-state index contributed by atoms with van der Waals surface area (Å²) in [6, 6.07) is 6.59. The molecular formula is C28H31FN6O2S2. The van der Waals surface area contributed by atoms with E-state index < -0.39 is 15.7 Å². The third-order valence-electron chi connectivity index (χ3n) is 7.54. The Labute approximate surface area is 231 Å². The quantitative estimate of drug-likeness (QED) is 0.274. The molecule has 0 saturated heterocycles. The Morgan fingerprint density at radius 3 is 2.51 bits per heavy atom. The molecule has 6 rings (SSSR count). The van der Waals surface area contributed by atoms with Crippen molar-refractivity contribution >= 4 is 43.2 Å². The maximum Gasteiger partial charge on any atom is 0.225 e. The van der Waals surface area contributed by atoms with E-state index in [4.69, 9.17) is 15.0 Å². The third kappa shape index (κ3) is 5.47. The Kier molecular flexibility index (Phi) is 6.74. The first-order valence-electron chi connectivity index (χ1n) is 13.3. The summed E-state index contributed by atoms with van der Waals surface area (Å²) in [5.74, 6) is 0.791. The second-order valence-electron chi connectivity index (χ2n) is 10.7. The molecule has 204 valence electrons. The molecule has 8 nitrogen and oxygen atoms in total. The van der Waals surface area contributed by atoms with Crippen LogP contribution in [0.15, 0.2) is 35.4 Å². The van der Waals surface area contributed by atoms with Gasteiger partial charge in [0.1, 0.15) is 22.2 Å². The van der Waals surface area contributed by atoms with Gasteiger partial charge in [-0.3, -0.25) is 4.98 Å². The number of pyridine rings is 1. The van der Waals surface area contributed by atoms with Gasteiger partial charge in [0, 0.05) is 18.3 Å². The van der Waals surface area contributed by atoms with E-state index in [1.165, 1.54) is 12.1 Å². The molecule has 2 aliphatic rings. The van der Waals surface area contributed by atoms with Crippen LogP contribution in [0.5, 0.6) is 0 Å². The molecule has 4 aromatic rings. The fourth-order valence-electron chi connectivity index (χ4n) is 5.22. The molecule has 2 atom stereocenters. The van der Waals surface area contributed by atoms with Gasteiger partial charge in [0.25, 0.3) is 0 Å². The summed E-state index contributed by atoms with van der Waals surface area (Å²) in [5.41, 5.74) is 3.89. The highest BCUT2D eigenvalue weighted by molar-refractivity contribution is 7.91. The molecule has 0 aliphatic heterocycles. The fraction of sp³-hybridized carbons (Fsp3) is 0.429. The summed E-state index contributed by atoms with van der Waals surface area (Å²) < 4.78 is 41.2. The SMILES string of the molecule is Cc1ccc(S(=O)(=O)CC2CCC(Nc3nc(NC4CC4)nc(C)c3-c3nc4c(C)nccc4s3)C2)cc1F. The van der Waals surface area contributed by atoms with Gasteiger partial charge in [-0.05, 0) is 82.6 Å². The van der Waals surface area contributed by atoms with Crippen molar-refractivity contribution in [3.05, 3.63) is 53.2 Å². The van der Waals surface area contributed by atoms with Gasteiger partial charge >= 0.3 is 0 Å². The van der Waals surface area contributed by atoms with Gasteiger partial charge in [-0.15, -0.1) is 11.3 Å². The second kappa shape index (κ2) is 10.1. The van der Waals surface area contributed by atoms with Crippen molar-refractivity contribution in [3.8, 4) is 10.6 Å². The van der Waals surface area contributed by atoms with Crippen LogP contribution in [-0.4, -0.2) is 46.2 Å². The first kappa shape index (κ1) is 26.1. The van der Waals surface area contributed by atoms with E-state index in [-0.39, 0.29) is 22.6 Å². The van der Waals surface area contributed by atoms with Crippen molar-refractivity contribution in [2.45, 2.75) is 69.9 Å². The topological polar surface area (TPSA) is 110 Å². The maximum atomic E-state index is 14.0. The number of rotatable bonds is 8. The zero-order valence-electron chi connectivity index (χ0n) is 22.2. The molecule has 3 heterocycles. The molecular weight excluding hydrogens is 535 g/mol. The van der Waals surface area contributed by atoms with E-state index in [1.807, 2.05) is 19.9 Å². The van der Waals surface area contributed by atoms with E-state index in [9.17, 15) is 12.8 Å². The van der Waals surface area contributed by atoms with Gasteiger partial charge in [-0.1, -0.05) is 6.07 Å².